The SMILES string of the molecule is CCN(CC)c1ccc(-c2cscn2)c(F)c1F. The van der Waals surface area contributed by atoms with E-state index in [-0.39, 0.29) is 5.56 Å². The van der Waals surface area contributed by atoms with Crippen molar-refractivity contribution in [2.75, 3.05) is 18.0 Å². The molecule has 0 amide bonds. The number of anilines is 1. The zero-order valence-electron chi connectivity index (χ0n) is 10.3. The molecule has 0 atom stereocenters. The van der Waals surface area contributed by atoms with Gasteiger partial charge in [0, 0.05) is 24.0 Å². The molecule has 1 aromatic carbocycles. The number of halogens is 2. The highest BCUT2D eigenvalue weighted by Crippen LogP contribution is 2.30. The summed E-state index contributed by atoms with van der Waals surface area (Å²) in [7, 11) is 0. The average molecular weight is 268 g/mol. The van der Waals surface area contributed by atoms with Gasteiger partial charge in [-0.1, -0.05) is 0 Å². The van der Waals surface area contributed by atoms with Crippen molar-refractivity contribution in [1.82, 2.24) is 4.98 Å². The first-order chi connectivity index (χ1) is 8.69. The Morgan fingerprint density at radius 2 is 1.89 bits per heavy atom. The van der Waals surface area contributed by atoms with Gasteiger partial charge in [-0.3, -0.25) is 0 Å². The number of hydrogen-bond acceptors (Lipinski definition) is 3. The van der Waals surface area contributed by atoms with E-state index in [1.54, 1.807) is 27.9 Å². The Hall–Kier alpha value is -1.49. The number of benzene rings is 1. The summed E-state index contributed by atoms with van der Waals surface area (Å²) >= 11 is 1.36. The molecule has 5 heteroatoms. The molecule has 0 radical (unpaired) electrons. The number of aromatic nitrogens is 1. The first-order valence-corrected chi connectivity index (χ1v) is 6.74. The molecule has 18 heavy (non-hydrogen) atoms. The Labute approximate surface area is 109 Å². The van der Waals surface area contributed by atoms with Crippen LogP contribution in [0.25, 0.3) is 11.3 Å². The predicted molar refractivity (Wildman–Crippen MR) is 71.0 cm³/mol. The van der Waals surface area contributed by atoms with Gasteiger partial charge in [0.05, 0.1) is 16.9 Å². The molecule has 0 fully saturated rings. The number of hydrogen-bond donors (Lipinski definition) is 0. The molecule has 1 heterocycles. The van der Waals surface area contributed by atoms with Crippen molar-refractivity contribution in [1.29, 1.82) is 0 Å². The van der Waals surface area contributed by atoms with Gasteiger partial charge in [0.25, 0.3) is 0 Å². The fraction of sp³-hybridized carbons (Fsp3) is 0.308. The van der Waals surface area contributed by atoms with Gasteiger partial charge in [-0.05, 0) is 26.0 Å². The van der Waals surface area contributed by atoms with Crippen LogP contribution in [0.3, 0.4) is 0 Å². The summed E-state index contributed by atoms with van der Waals surface area (Å²) in [5, 5.41) is 1.70. The van der Waals surface area contributed by atoms with Gasteiger partial charge in [-0.2, -0.15) is 0 Å². The molecule has 0 saturated carbocycles. The van der Waals surface area contributed by atoms with Gasteiger partial charge in [-0.15, -0.1) is 11.3 Å². The van der Waals surface area contributed by atoms with Gasteiger partial charge >= 0.3 is 0 Å². The van der Waals surface area contributed by atoms with E-state index in [1.807, 2.05) is 13.8 Å². The monoisotopic (exact) mass is 268 g/mol. The van der Waals surface area contributed by atoms with E-state index < -0.39 is 11.6 Å². The van der Waals surface area contributed by atoms with Gasteiger partial charge in [-0.25, -0.2) is 13.8 Å². The Balaban J connectivity index is 2.48. The summed E-state index contributed by atoms with van der Waals surface area (Å²) in [5.74, 6) is -1.63. The minimum Gasteiger partial charge on any atom is -0.370 e. The van der Waals surface area contributed by atoms with E-state index in [4.69, 9.17) is 0 Å². The number of nitrogens with zero attached hydrogens (tertiary/aromatic N) is 2. The van der Waals surface area contributed by atoms with Crippen LogP contribution in [-0.4, -0.2) is 18.1 Å². The second-order valence-corrected chi connectivity index (χ2v) is 4.52. The van der Waals surface area contributed by atoms with Crippen molar-refractivity contribution in [2.45, 2.75) is 13.8 Å². The van der Waals surface area contributed by atoms with E-state index in [0.29, 0.717) is 24.5 Å². The summed E-state index contributed by atoms with van der Waals surface area (Å²) in [4.78, 5) is 5.78. The molecular formula is C13H14F2N2S. The second kappa shape index (κ2) is 5.44. The first-order valence-electron chi connectivity index (χ1n) is 5.80. The number of thiazole rings is 1. The van der Waals surface area contributed by atoms with E-state index in [1.165, 1.54) is 11.3 Å². The minimum atomic E-state index is -0.828. The lowest BCUT2D eigenvalue weighted by atomic mass is 10.1. The molecule has 96 valence electrons. The Bertz CT molecular complexity index is 522. The fourth-order valence-electron chi connectivity index (χ4n) is 1.89. The van der Waals surface area contributed by atoms with Crippen LogP contribution < -0.4 is 4.90 Å². The lowest BCUT2D eigenvalue weighted by Gasteiger charge is -2.22. The smallest absolute Gasteiger partial charge is 0.182 e. The van der Waals surface area contributed by atoms with Crippen LogP contribution in [0.1, 0.15) is 13.8 Å². The molecule has 0 aliphatic rings. The van der Waals surface area contributed by atoms with Crippen LogP contribution in [0.2, 0.25) is 0 Å². The number of rotatable bonds is 4. The molecule has 0 unspecified atom stereocenters. The zero-order valence-corrected chi connectivity index (χ0v) is 11.1. The molecule has 0 bridgehead atoms. The summed E-state index contributed by atoms with van der Waals surface area (Å²) < 4.78 is 28.1. The summed E-state index contributed by atoms with van der Waals surface area (Å²) in [6.45, 7) is 5.11. The van der Waals surface area contributed by atoms with Crippen LogP contribution in [0.15, 0.2) is 23.0 Å². The van der Waals surface area contributed by atoms with Crippen LogP contribution in [0.4, 0.5) is 14.5 Å². The largest absolute Gasteiger partial charge is 0.370 e. The van der Waals surface area contributed by atoms with Crippen molar-refractivity contribution in [3.63, 3.8) is 0 Å². The van der Waals surface area contributed by atoms with Crippen molar-refractivity contribution in [2.24, 2.45) is 0 Å². The topological polar surface area (TPSA) is 16.1 Å². The van der Waals surface area contributed by atoms with Crippen LogP contribution in [-0.2, 0) is 0 Å². The van der Waals surface area contributed by atoms with E-state index >= 15 is 0 Å². The van der Waals surface area contributed by atoms with Crippen molar-refractivity contribution in [3.05, 3.63) is 34.7 Å². The highest BCUT2D eigenvalue weighted by atomic mass is 32.1. The van der Waals surface area contributed by atoms with Crippen LogP contribution >= 0.6 is 11.3 Å². The second-order valence-electron chi connectivity index (χ2n) is 3.81. The third-order valence-electron chi connectivity index (χ3n) is 2.87. The highest BCUT2D eigenvalue weighted by molar-refractivity contribution is 7.07. The van der Waals surface area contributed by atoms with Crippen molar-refractivity contribution < 1.29 is 8.78 Å². The maximum absolute atomic E-state index is 14.0. The fourth-order valence-corrected chi connectivity index (χ4v) is 2.44. The molecule has 0 N–H and O–H groups in total. The van der Waals surface area contributed by atoms with Crippen LogP contribution in [0.5, 0.6) is 0 Å². The standard InChI is InChI=1S/C13H14F2N2S/c1-3-17(4-2)11-6-5-9(12(14)13(11)15)10-7-18-8-16-10/h5-8H,3-4H2,1-2H3. The molecule has 0 saturated heterocycles. The summed E-state index contributed by atoms with van der Waals surface area (Å²) in [6, 6.07) is 3.20. The molecule has 2 aromatic rings. The molecule has 2 nitrogen and oxygen atoms in total. The van der Waals surface area contributed by atoms with E-state index in [0.717, 1.165) is 0 Å². The maximum Gasteiger partial charge on any atom is 0.182 e. The summed E-state index contributed by atoms with van der Waals surface area (Å²) in [6.07, 6.45) is 0. The van der Waals surface area contributed by atoms with Gasteiger partial charge < -0.3 is 4.90 Å². The molecule has 0 aliphatic heterocycles. The van der Waals surface area contributed by atoms with Crippen LogP contribution in [0, 0.1) is 11.6 Å². The Morgan fingerprint density at radius 3 is 2.44 bits per heavy atom. The average Bonchev–Trinajstić information content (AvgIpc) is 2.89. The van der Waals surface area contributed by atoms with Gasteiger partial charge in [0.1, 0.15) is 0 Å². The van der Waals surface area contributed by atoms with Crippen molar-refractivity contribution >= 4 is 17.0 Å². The maximum atomic E-state index is 14.0. The molecule has 1 aromatic heterocycles. The minimum absolute atomic E-state index is 0.213. The zero-order chi connectivity index (χ0) is 13.1. The third-order valence-corrected chi connectivity index (χ3v) is 3.46. The normalized spacial score (nSPS) is 10.7. The first kappa shape index (κ1) is 13.0. The molecule has 0 aliphatic carbocycles. The van der Waals surface area contributed by atoms with E-state index in [2.05, 4.69) is 4.98 Å². The molecule has 0 spiro atoms. The molecule has 2 rings (SSSR count). The lowest BCUT2D eigenvalue weighted by Crippen LogP contribution is -2.23. The third kappa shape index (κ3) is 2.22. The quantitative estimate of drug-likeness (QED) is 0.835. The van der Waals surface area contributed by atoms with Crippen molar-refractivity contribution in [3.8, 4) is 11.3 Å². The summed E-state index contributed by atoms with van der Waals surface area (Å²) in [5.41, 5.74) is 2.59. The Kier molecular flexibility index (Phi) is 3.91. The highest BCUT2D eigenvalue weighted by Gasteiger charge is 2.18. The van der Waals surface area contributed by atoms with Gasteiger partial charge in [0.15, 0.2) is 11.6 Å². The predicted octanol–water partition coefficient (Wildman–Crippen LogP) is 3.93. The Morgan fingerprint density at radius 1 is 1.17 bits per heavy atom. The van der Waals surface area contributed by atoms with Gasteiger partial charge in [0.2, 0.25) is 0 Å². The molecular weight excluding hydrogens is 254 g/mol. The van der Waals surface area contributed by atoms with E-state index in [9.17, 15) is 8.78 Å². The lowest BCUT2D eigenvalue weighted by molar-refractivity contribution is 0.509.